The molecule has 0 spiro atoms. The fourth-order valence-corrected chi connectivity index (χ4v) is 3.85. The molecule has 0 saturated carbocycles. The van der Waals surface area contributed by atoms with E-state index in [-0.39, 0.29) is 12.4 Å². The molecule has 0 atom stereocenters. The van der Waals surface area contributed by atoms with E-state index in [0.717, 1.165) is 29.7 Å². The fraction of sp³-hybridized carbons (Fsp3) is 0.200. The van der Waals surface area contributed by atoms with Gasteiger partial charge in [-0.3, -0.25) is 0 Å². The van der Waals surface area contributed by atoms with Gasteiger partial charge in [-0.15, -0.1) is 0 Å². The molecule has 0 radical (unpaired) electrons. The summed E-state index contributed by atoms with van der Waals surface area (Å²) in [6.45, 7) is 0.0845. The number of alkyl halides is 3. The minimum absolute atomic E-state index is 0.0845. The smallest absolute Gasteiger partial charge is 0.416 e. The highest BCUT2D eigenvalue weighted by Gasteiger charge is 2.32. The maximum Gasteiger partial charge on any atom is 0.416 e. The van der Waals surface area contributed by atoms with Crippen LogP contribution in [0.4, 0.5) is 22.0 Å². The van der Waals surface area contributed by atoms with Gasteiger partial charge in [-0.05, 0) is 84.0 Å². The summed E-state index contributed by atoms with van der Waals surface area (Å²) in [6.07, 6.45) is -2.52. The van der Waals surface area contributed by atoms with Crippen LogP contribution < -0.4 is 4.74 Å². The summed E-state index contributed by atoms with van der Waals surface area (Å²) >= 11 is 0. The predicted molar refractivity (Wildman–Crippen MR) is 109 cm³/mol. The van der Waals surface area contributed by atoms with Crippen LogP contribution in [-0.4, -0.2) is 0 Å². The molecule has 1 nitrogen and oxygen atoms in total. The molecule has 0 unspecified atom stereocenters. The average Bonchev–Trinajstić information content (AvgIpc) is 3.22. The van der Waals surface area contributed by atoms with E-state index in [9.17, 15) is 22.0 Å². The summed E-state index contributed by atoms with van der Waals surface area (Å²) in [5, 5.41) is 0. The third-order valence-corrected chi connectivity index (χ3v) is 5.33. The first-order chi connectivity index (χ1) is 14.8. The first kappa shape index (κ1) is 21.1. The van der Waals surface area contributed by atoms with Gasteiger partial charge >= 0.3 is 6.18 Å². The van der Waals surface area contributed by atoms with E-state index in [0.29, 0.717) is 35.3 Å². The van der Waals surface area contributed by atoms with Crippen molar-refractivity contribution in [2.24, 2.45) is 0 Å². The quantitative estimate of drug-likeness (QED) is 0.378. The van der Waals surface area contributed by atoms with Gasteiger partial charge < -0.3 is 4.74 Å². The van der Waals surface area contributed by atoms with Crippen molar-refractivity contribution in [2.45, 2.75) is 32.0 Å². The largest absolute Gasteiger partial charge is 0.488 e. The molecule has 0 bridgehead atoms. The number of allylic oxidation sites excluding steroid dienone is 2. The summed E-state index contributed by atoms with van der Waals surface area (Å²) in [7, 11) is 0. The lowest BCUT2D eigenvalue weighted by Gasteiger charge is -2.17. The third kappa shape index (κ3) is 4.79. The molecule has 31 heavy (non-hydrogen) atoms. The first-order valence-corrected chi connectivity index (χ1v) is 9.88. The van der Waals surface area contributed by atoms with Crippen molar-refractivity contribution >= 4 is 11.1 Å². The first-order valence-electron chi connectivity index (χ1n) is 9.88. The molecular weight excluding hydrogens is 411 g/mol. The molecule has 0 amide bonds. The van der Waals surface area contributed by atoms with Crippen LogP contribution in [0.3, 0.4) is 0 Å². The molecule has 6 heteroatoms. The topological polar surface area (TPSA) is 9.23 Å². The molecule has 4 rings (SSSR count). The van der Waals surface area contributed by atoms with E-state index < -0.39 is 17.6 Å². The number of ether oxygens (including phenoxy) is 1. The minimum atomic E-state index is -4.50. The van der Waals surface area contributed by atoms with Crippen LogP contribution in [0.15, 0.2) is 66.7 Å². The molecular formula is C25H19F5O. The Morgan fingerprint density at radius 1 is 0.774 bits per heavy atom. The molecule has 3 aromatic rings. The van der Waals surface area contributed by atoms with Crippen molar-refractivity contribution in [3.63, 3.8) is 0 Å². The van der Waals surface area contributed by atoms with Crippen molar-refractivity contribution in [3.05, 3.63) is 101 Å². The maximum atomic E-state index is 13.8. The third-order valence-electron chi connectivity index (χ3n) is 5.33. The van der Waals surface area contributed by atoms with Crippen LogP contribution in [0, 0.1) is 11.6 Å². The van der Waals surface area contributed by atoms with E-state index >= 15 is 0 Å². The maximum absolute atomic E-state index is 13.8. The van der Waals surface area contributed by atoms with Gasteiger partial charge in [-0.25, -0.2) is 8.78 Å². The molecule has 1 aliphatic carbocycles. The molecule has 0 aromatic heterocycles. The Labute approximate surface area is 176 Å². The van der Waals surface area contributed by atoms with E-state index in [1.165, 1.54) is 30.3 Å². The Kier molecular flexibility index (Phi) is 5.81. The second-order valence-electron chi connectivity index (χ2n) is 7.44. The summed E-state index contributed by atoms with van der Waals surface area (Å²) in [6, 6.07) is 15.2. The van der Waals surface area contributed by atoms with Crippen LogP contribution in [0.25, 0.3) is 11.1 Å². The van der Waals surface area contributed by atoms with Crippen LogP contribution in [-0.2, 0) is 12.8 Å². The van der Waals surface area contributed by atoms with Crippen molar-refractivity contribution in [1.29, 1.82) is 0 Å². The number of hydrogen-bond donors (Lipinski definition) is 0. The molecule has 0 aliphatic heterocycles. The van der Waals surface area contributed by atoms with Gasteiger partial charge in [0.1, 0.15) is 24.0 Å². The van der Waals surface area contributed by atoms with Gasteiger partial charge in [-0.1, -0.05) is 24.3 Å². The number of rotatable bonds is 5. The van der Waals surface area contributed by atoms with Crippen LogP contribution >= 0.6 is 0 Å². The highest BCUT2D eigenvalue weighted by molar-refractivity contribution is 5.94. The van der Waals surface area contributed by atoms with Crippen molar-refractivity contribution < 1.29 is 26.7 Å². The van der Waals surface area contributed by atoms with Gasteiger partial charge in [0.2, 0.25) is 0 Å². The minimum Gasteiger partial charge on any atom is -0.488 e. The monoisotopic (exact) mass is 430 g/mol. The lowest BCUT2D eigenvalue weighted by Crippen LogP contribution is -2.07. The fourth-order valence-electron chi connectivity index (χ4n) is 3.85. The average molecular weight is 430 g/mol. The lowest BCUT2D eigenvalue weighted by atomic mass is 9.95. The lowest BCUT2D eigenvalue weighted by molar-refractivity contribution is -0.137. The van der Waals surface area contributed by atoms with E-state index in [1.54, 1.807) is 24.3 Å². The van der Waals surface area contributed by atoms with Gasteiger partial charge in [0, 0.05) is 5.56 Å². The number of halogens is 5. The Bertz CT molecular complexity index is 1110. The van der Waals surface area contributed by atoms with Crippen LogP contribution in [0.5, 0.6) is 5.75 Å². The zero-order valence-electron chi connectivity index (χ0n) is 16.5. The molecule has 160 valence electrons. The second-order valence-corrected chi connectivity index (χ2v) is 7.44. The second kappa shape index (κ2) is 8.53. The predicted octanol–water partition coefficient (Wildman–Crippen LogP) is 7.66. The highest BCUT2D eigenvalue weighted by atomic mass is 19.4. The van der Waals surface area contributed by atoms with Gasteiger partial charge in [0.25, 0.3) is 0 Å². The molecule has 0 heterocycles. The van der Waals surface area contributed by atoms with Crippen LogP contribution in [0.2, 0.25) is 0 Å². The van der Waals surface area contributed by atoms with E-state index in [1.807, 2.05) is 0 Å². The van der Waals surface area contributed by atoms with Crippen molar-refractivity contribution in [3.8, 4) is 5.75 Å². The molecule has 0 fully saturated rings. The van der Waals surface area contributed by atoms with Crippen molar-refractivity contribution in [2.75, 3.05) is 0 Å². The zero-order valence-corrected chi connectivity index (χ0v) is 16.5. The number of hydrogen-bond acceptors (Lipinski definition) is 1. The Hall–Kier alpha value is -3.15. The molecule has 1 aliphatic rings. The van der Waals surface area contributed by atoms with Crippen molar-refractivity contribution in [1.82, 2.24) is 0 Å². The standard InChI is InChI=1S/C25H19F5O/c26-19-10-7-16(8-11-19)15-31-24-12-9-18(25(28,29)30)14-23(24)22-6-2-5-21(22)17-3-1-4-20(27)13-17/h1,3-4,7-14H,2,5-6,15H2. The summed E-state index contributed by atoms with van der Waals surface area (Å²) < 4.78 is 73.0. The highest BCUT2D eigenvalue weighted by Crippen LogP contribution is 2.44. The Morgan fingerprint density at radius 3 is 2.23 bits per heavy atom. The van der Waals surface area contributed by atoms with Gasteiger partial charge in [-0.2, -0.15) is 13.2 Å². The van der Waals surface area contributed by atoms with Gasteiger partial charge in [0.05, 0.1) is 5.56 Å². The van der Waals surface area contributed by atoms with Crippen LogP contribution in [0.1, 0.15) is 41.5 Å². The van der Waals surface area contributed by atoms with E-state index in [2.05, 4.69) is 0 Å². The molecule has 3 aromatic carbocycles. The SMILES string of the molecule is Fc1ccc(COc2ccc(C(F)(F)F)cc2C2=C(c3cccc(F)c3)CCC2)cc1. The Morgan fingerprint density at radius 2 is 1.52 bits per heavy atom. The molecule has 0 N–H and O–H groups in total. The Balaban J connectivity index is 1.76. The number of benzene rings is 3. The summed E-state index contributed by atoms with van der Waals surface area (Å²) in [5.41, 5.74) is 2.49. The molecule has 0 saturated heterocycles. The summed E-state index contributed by atoms with van der Waals surface area (Å²) in [4.78, 5) is 0. The van der Waals surface area contributed by atoms with E-state index in [4.69, 9.17) is 4.74 Å². The van der Waals surface area contributed by atoms with Gasteiger partial charge in [0.15, 0.2) is 0 Å². The summed E-state index contributed by atoms with van der Waals surface area (Å²) in [5.74, 6) is -0.467. The normalized spacial score (nSPS) is 14.2. The zero-order chi connectivity index (χ0) is 22.0.